The van der Waals surface area contributed by atoms with Gasteiger partial charge in [-0.2, -0.15) is 0 Å². The number of ether oxygens (including phenoxy) is 1. The molecule has 0 aromatic carbocycles. The van der Waals surface area contributed by atoms with E-state index >= 15 is 0 Å². The average Bonchev–Trinajstić information content (AvgIpc) is 3.15. The van der Waals surface area contributed by atoms with Crippen molar-refractivity contribution in [2.45, 2.75) is 219 Å². The van der Waals surface area contributed by atoms with Crippen LogP contribution in [0.15, 0.2) is 60.8 Å². The monoisotopic (exact) mass is 742 g/mol. The van der Waals surface area contributed by atoms with Gasteiger partial charge in [0.2, 0.25) is 5.91 Å². The third-order valence-corrected chi connectivity index (χ3v) is 9.66. The van der Waals surface area contributed by atoms with Gasteiger partial charge in [0.05, 0.1) is 25.2 Å². The molecule has 0 saturated carbocycles. The fraction of sp³-hybridized carbons (Fsp3) is 0.745. The first-order valence-electron chi connectivity index (χ1n) is 22.1. The minimum absolute atomic E-state index is 0.0481. The molecule has 0 heterocycles. The average molecular weight is 742 g/mol. The highest BCUT2D eigenvalue weighted by molar-refractivity contribution is 5.77. The summed E-state index contributed by atoms with van der Waals surface area (Å²) in [6.07, 6.45) is 48.6. The van der Waals surface area contributed by atoms with Crippen LogP contribution in [0, 0.1) is 0 Å². The predicted molar refractivity (Wildman–Crippen MR) is 227 cm³/mol. The first kappa shape index (κ1) is 50.6. The van der Waals surface area contributed by atoms with Gasteiger partial charge in [0.1, 0.15) is 6.10 Å². The summed E-state index contributed by atoms with van der Waals surface area (Å²) >= 11 is 0. The minimum Gasteiger partial charge on any atom is -0.462 e. The Kier molecular flexibility index (Phi) is 38.9. The van der Waals surface area contributed by atoms with Gasteiger partial charge < -0.3 is 20.3 Å². The number of unbranched alkanes of at least 4 members (excludes halogenated alkanes) is 19. The highest BCUT2D eigenvalue weighted by Crippen LogP contribution is 2.17. The van der Waals surface area contributed by atoms with Crippen LogP contribution in [0.4, 0.5) is 0 Å². The van der Waals surface area contributed by atoms with Crippen molar-refractivity contribution in [3.8, 4) is 0 Å². The molecule has 0 radical (unpaired) electrons. The maximum absolute atomic E-state index is 13.1. The Morgan fingerprint density at radius 1 is 0.566 bits per heavy atom. The van der Waals surface area contributed by atoms with Crippen molar-refractivity contribution < 1.29 is 24.5 Å². The van der Waals surface area contributed by atoms with Crippen LogP contribution in [0.3, 0.4) is 0 Å². The fourth-order valence-corrected chi connectivity index (χ4v) is 6.32. The highest BCUT2D eigenvalue weighted by atomic mass is 16.5. The van der Waals surface area contributed by atoms with Gasteiger partial charge in [0.25, 0.3) is 0 Å². The summed E-state index contributed by atoms with van der Waals surface area (Å²) in [6.45, 7) is 6.23. The number of carbonyl (C=O) groups excluding carboxylic acids is 2. The first-order valence-corrected chi connectivity index (χ1v) is 22.1. The Hall–Kier alpha value is -2.44. The van der Waals surface area contributed by atoms with E-state index in [2.05, 4.69) is 56.5 Å². The molecule has 0 aliphatic heterocycles. The number of rotatable bonds is 38. The number of hydrogen-bond acceptors (Lipinski definition) is 5. The maximum atomic E-state index is 13.1. The van der Waals surface area contributed by atoms with Crippen LogP contribution in [-0.2, 0) is 14.3 Å². The quantitative estimate of drug-likeness (QED) is 0.0253. The molecule has 0 fully saturated rings. The van der Waals surface area contributed by atoms with E-state index in [9.17, 15) is 19.8 Å². The van der Waals surface area contributed by atoms with Gasteiger partial charge in [-0.05, 0) is 64.2 Å². The molecule has 53 heavy (non-hydrogen) atoms. The molecular formula is C47H83NO5. The second-order valence-corrected chi connectivity index (χ2v) is 14.8. The van der Waals surface area contributed by atoms with Gasteiger partial charge in [-0.1, -0.05) is 184 Å². The molecule has 0 aliphatic rings. The molecular weight excluding hydrogens is 659 g/mol. The molecule has 0 aliphatic carbocycles. The molecule has 0 spiro atoms. The number of aliphatic hydroxyl groups excluding tert-OH is 2. The Bertz CT molecular complexity index is 968. The normalized spacial score (nSPS) is 14.0. The maximum Gasteiger partial charge on any atom is 0.306 e. The Balaban J connectivity index is 4.57. The molecule has 1 amide bonds. The molecule has 0 bridgehead atoms. The molecule has 0 rings (SSSR count). The van der Waals surface area contributed by atoms with Crippen LogP contribution in [0.2, 0.25) is 0 Å². The van der Waals surface area contributed by atoms with Crippen LogP contribution in [0.1, 0.15) is 201 Å². The summed E-state index contributed by atoms with van der Waals surface area (Å²) in [5.74, 6) is -0.545. The smallest absolute Gasteiger partial charge is 0.306 e. The van der Waals surface area contributed by atoms with E-state index in [0.29, 0.717) is 19.3 Å². The van der Waals surface area contributed by atoms with Gasteiger partial charge in [-0.3, -0.25) is 9.59 Å². The lowest BCUT2D eigenvalue weighted by Gasteiger charge is -2.24. The molecule has 0 aromatic rings. The van der Waals surface area contributed by atoms with Gasteiger partial charge in [-0.25, -0.2) is 0 Å². The van der Waals surface area contributed by atoms with Crippen LogP contribution in [0.5, 0.6) is 0 Å². The largest absolute Gasteiger partial charge is 0.462 e. The van der Waals surface area contributed by atoms with Gasteiger partial charge in [0, 0.05) is 6.42 Å². The summed E-state index contributed by atoms with van der Waals surface area (Å²) < 4.78 is 5.84. The number of carbonyl (C=O) groups is 2. The molecule has 6 heteroatoms. The van der Waals surface area contributed by atoms with Crippen molar-refractivity contribution >= 4 is 11.9 Å². The zero-order chi connectivity index (χ0) is 38.9. The molecule has 3 unspecified atom stereocenters. The molecule has 0 saturated heterocycles. The Morgan fingerprint density at radius 2 is 1.08 bits per heavy atom. The number of nitrogens with one attached hydrogen (secondary N) is 1. The topological polar surface area (TPSA) is 95.9 Å². The highest BCUT2D eigenvalue weighted by Gasteiger charge is 2.24. The molecule has 3 atom stereocenters. The van der Waals surface area contributed by atoms with Crippen LogP contribution < -0.4 is 5.32 Å². The fourth-order valence-electron chi connectivity index (χ4n) is 6.32. The van der Waals surface area contributed by atoms with E-state index in [1.165, 1.54) is 64.2 Å². The van der Waals surface area contributed by atoms with E-state index in [1.807, 2.05) is 30.4 Å². The zero-order valence-corrected chi connectivity index (χ0v) is 34.6. The minimum atomic E-state index is -0.797. The molecule has 6 nitrogen and oxygen atoms in total. The number of hydrogen-bond donors (Lipinski definition) is 3. The van der Waals surface area contributed by atoms with Crippen LogP contribution >= 0.6 is 0 Å². The summed E-state index contributed by atoms with van der Waals surface area (Å²) in [4.78, 5) is 25.9. The number of aliphatic hydroxyl groups is 2. The SMILES string of the molecule is CC/C=C/C=C/C=C\C=C/CCCCCC(=O)OC(CCCCC/C=C\CCC)CC(=O)NC(CO)C(O)CCCCCCCCCCCCCCC. The van der Waals surface area contributed by atoms with E-state index in [0.717, 1.165) is 89.9 Å². The zero-order valence-electron chi connectivity index (χ0n) is 34.6. The van der Waals surface area contributed by atoms with Crippen molar-refractivity contribution in [1.29, 1.82) is 0 Å². The van der Waals surface area contributed by atoms with E-state index < -0.39 is 18.2 Å². The van der Waals surface area contributed by atoms with Crippen LogP contribution in [-0.4, -0.2) is 46.9 Å². The van der Waals surface area contributed by atoms with E-state index in [-0.39, 0.29) is 24.9 Å². The van der Waals surface area contributed by atoms with Crippen molar-refractivity contribution in [3.05, 3.63) is 60.8 Å². The number of allylic oxidation sites excluding steroid dienone is 10. The molecule has 0 aromatic heterocycles. The van der Waals surface area contributed by atoms with E-state index in [4.69, 9.17) is 4.74 Å². The van der Waals surface area contributed by atoms with Crippen molar-refractivity contribution in [1.82, 2.24) is 5.32 Å². The van der Waals surface area contributed by atoms with Crippen LogP contribution in [0.25, 0.3) is 0 Å². The van der Waals surface area contributed by atoms with E-state index in [1.54, 1.807) is 0 Å². The Labute approximate surface area is 327 Å². The lowest BCUT2D eigenvalue weighted by atomic mass is 10.0. The summed E-state index contributed by atoms with van der Waals surface area (Å²) in [5, 5.41) is 23.6. The first-order chi connectivity index (χ1) is 26.0. The van der Waals surface area contributed by atoms with Gasteiger partial charge in [0.15, 0.2) is 0 Å². The molecule has 3 N–H and O–H groups in total. The second-order valence-electron chi connectivity index (χ2n) is 14.8. The Morgan fingerprint density at radius 3 is 1.68 bits per heavy atom. The van der Waals surface area contributed by atoms with Crippen molar-refractivity contribution in [2.24, 2.45) is 0 Å². The van der Waals surface area contributed by atoms with Gasteiger partial charge in [-0.15, -0.1) is 0 Å². The number of esters is 1. The lowest BCUT2D eigenvalue weighted by Crippen LogP contribution is -2.46. The van der Waals surface area contributed by atoms with Crippen molar-refractivity contribution in [2.75, 3.05) is 6.61 Å². The number of amides is 1. The summed E-state index contributed by atoms with van der Waals surface area (Å²) in [6, 6.07) is -0.713. The standard InChI is InChI=1S/C47H83NO5/c1-4-7-10-13-16-19-21-23-25-27-30-33-36-39-45(50)44(42-49)48-46(51)41-43(38-35-32-29-18-15-12-9-6-3)53-47(52)40-37-34-31-28-26-24-22-20-17-14-11-8-5-2/h8,11-12,14-15,17,20,22,24,26,43-45,49-50H,4-7,9-10,13,16,18-19,21,23,25,27-42H2,1-3H3,(H,48,51)/b11-8+,15-12-,17-14+,22-20-,26-24-. The summed E-state index contributed by atoms with van der Waals surface area (Å²) in [5.41, 5.74) is 0. The van der Waals surface area contributed by atoms with Crippen molar-refractivity contribution in [3.63, 3.8) is 0 Å². The lowest BCUT2D eigenvalue weighted by molar-refractivity contribution is -0.151. The molecule has 306 valence electrons. The second kappa shape index (κ2) is 40.7. The predicted octanol–water partition coefficient (Wildman–Crippen LogP) is 12.5. The third kappa shape index (κ3) is 36.3. The summed E-state index contributed by atoms with van der Waals surface area (Å²) in [7, 11) is 0. The van der Waals surface area contributed by atoms with Gasteiger partial charge >= 0.3 is 5.97 Å². The third-order valence-electron chi connectivity index (χ3n) is 9.66.